The van der Waals surface area contributed by atoms with Gasteiger partial charge in [0.25, 0.3) is 0 Å². The Morgan fingerprint density at radius 1 is 1.50 bits per heavy atom. The van der Waals surface area contributed by atoms with Crippen molar-refractivity contribution in [1.29, 1.82) is 0 Å². The Labute approximate surface area is 78.9 Å². The van der Waals surface area contributed by atoms with Crippen molar-refractivity contribution in [2.24, 2.45) is 0 Å². The highest BCUT2D eigenvalue weighted by Crippen LogP contribution is 2.31. The lowest BCUT2D eigenvalue weighted by atomic mass is 10.1. The molecule has 1 aliphatic carbocycles. The van der Waals surface area contributed by atoms with Crippen LogP contribution in [0.4, 0.5) is 4.79 Å². The van der Waals surface area contributed by atoms with Crippen LogP contribution < -0.4 is 0 Å². The molecular weight excluding hydrogens is 174 g/mol. The fourth-order valence-electron chi connectivity index (χ4n) is 1.62. The minimum Gasteiger partial charge on any atom is -0.323 e. The molecule has 0 aromatic heterocycles. The minimum atomic E-state index is -0.272. The first kappa shape index (κ1) is 9.85. The van der Waals surface area contributed by atoms with Crippen LogP contribution in [0.5, 0.6) is 0 Å². The maximum absolute atomic E-state index is 11.1. The SMILES string of the molecule is CCC(CC)N(C(=O)Cl)C1CC1. The van der Waals surface area contributed by atoms with E-state index in [1.165, 1.54) is 0 Å². The van der Waals surface area contributed by atoms with Gasteiger partial charge >= 0.3 is 5.37 Å². The van der Waals surface area contributed by atoms with Crippen molar-refractivity contribution in [1.82, 2.24) is 4.90 Å². The number of carbonyl (C=O) groups is 1. The summed E-state index contributed by atoms with van der Waals surface area (Å²) in [5.74, 6) is 0. The third kappa shape index (κ3) is 2.13. The fraction of sp³-hybridized carbons (Fsp3) is 0.889. The highest BCUT2D eigenvalue weighted by Gasteiger charge is 2.35. The van der Waals surface area contributed by atoms with Gasteiger partial charge in [0.05, 0.1) is 0 Å². The van der Waals surface area contributed by atoms with Crippen LogP contribution in [0.2, 0.25) is 0 Å². The molecule has 2 nitrogen and oxygen atoms in total. The Morgan fingerprint density at radius 3 is 2.25 bits per heavy atom. The Morgan fingerprint density at radius 2 is 2.00 bits per heavy atom. The third-order valence-electron chi connectivity index (χ3n) is 2.48. The molecule has 0 spiro atoms. The van der Waals surface area contributed by atoms with Crippen LogP contribution >= 0.6 is 11.6 Å². The van der Waals surface area contributed by atoms with E-state index in [9.17, 15) is 4.79 Å². The maximum atomic E-state index is 11.1. The first-order valence-electron chi connectivity index (χ1n) is 4.68. The van der Waals surface area contributed by atoms with E-state index in [0.717, 1.165) is 25.7 Å². The van der Waals surface area contributed by atoms with Crippen LogP contribution in [0.1, 0.15) is 39.5 Å². The number of rotatable bonds is 4. The summed E-state index contributed by atoms with van der Waals surface area (Å²) in [4.78, 5) is 12.9. The lowest BCUT2D eigenvalue weighted by molar-refractivity contribution is 0.188. The summed E-state index contributed by atoms with van der Waals surface area (Å²) < 4.78 is 0. The molecule has 0 radical (unpaired) electrons. The Balaban J connectivity index is 2.55. The zero-order valence-corrected chi connectivity index (χ0v) is 8.47. The predicted molar refractivity (Wildman–Crippen MR) is 50.5 cm³/mol. The Bertz CT molecular complexity index is 164. The quantitative estimate of drug-likeness (QED) is 0.492. The second-order valence-electron chi connectivity index (χ2n) is 3.36. The monoisotopic (exact) mass is 189 g/mol. The van der Waals surface area contributed by atoms with Crippen LogP contribution in [-0.2, 0) is 0 Å². The average molecular weight is 190 g/mol. The van der Waals surface area contributed by atoms with Crippen LogP contribution in [-0.4, -0.2) is 22.3 Å². The minimum absolute atomic E-state index is 0.272. The molecule has 0 aliphatic heterocycles. The molecule has 3 heteroatoms. The lowest BCUT2D eigenvalue weighted by Crippen LogP contribution is -2.38. The molecule has 1 saturated carbocycles. The van der Waals surface area contributed by atoms with Gasteiger partial charge in [-0.1, -0.05) is 13.8 Å². The van der Waals surface area contributed by atoms with E-state index in [2.05, 4.69) is 13.8 Å². The van der Waals surface area contributed by atoms with Gasteiger partial charge in [0.1, 0.15) is 0 Å². The summed E-state index contributed by atoms with van der Waals surface area (Å²) >= 11 is 5.52. The second-order valence-corrected chi connectivity index (χ2v) is 3.69. The molecule has 0 aromatic carbocycles. The molecule has 0 bridgehead atoms. The smallest absolute Gasteiger partial charge is 0.316 e. The van der Waals surface area contributed by atoms with Gasteiger partial charge in [0.2, 0.25) is 0 Å². The van der Waals surface area contributed by atoms with Crippen LogP contribution in [0.3, 0.4) is 0 Å². The molecule has 0 atom stereocenters. The van der Waals surface area contributed by atoms with Gasteiger partial charge in [0, 0.05) is 12.1 Å². The maximum Gasteiger partial charge on any atom is 0.316 e. The van der Waals surface area contributed by atoms with Gasteiger partial charge in [-0.3, -0.25) is 4.79 Å². The molecule has 0 unspecified atom stereocenters. The number of halogens is 1. The first-order chi connectivity index (χ1) is 5.70. The van der Waals surface area contributed by atoms with Gasteiger partial charge in [-0.2, -0.15) is 0 Å². The van der Waals surface area contributed by atoms with Crippen molar-refractivity contribution in [3.05, 3.63) is 0 Å². The van der Waals surface area contributed by atoms with Gasteiger partial charge in [-0.25, -0.2) is 0 Å². The van der Waals surface area contributed by atoms with E-state index >= 15 is 0 Å². The van der Waals surface area contributed by atoms with E-state index in [0.29, 0.717) is 12.1 Å². The van der Waals surface area contributed by atoms with Crippen molar-refractivity contribution in [3.8, 4) is 0 Å². The number of amides is 1. The highest BCUT2D eigenvalue weighted by molar-refractivity contribution is 6.62. The molecular formula is C9H16ClNO. The average Bonchev–Trinajstić information content (AvgIpc) is 2.82. The molecule has 0 N–H and O–H groups in total. The number of carbonyl (C=O) groups excluding carboxylic acids is 1. The van der Waals surface area contributed by atoms with Gasteiger partial charge in [0.15, 0.2) is 0 Å². The van der Waals surface area contributed by atoms with Gasteiger partial charge < -0.3 is 4.90 Å². The van der Waals surface area contributed by atoms with Crippen LogP contribution in [0, 0.1) is 0 Å². The van der Waals surface area contributed by atoms with Crippen molar-refractivity contribution >= 4 is 17.0 Å². The molecule has 0 heterocycles. The molecule has 1 amide bonds. The zero-order chi connectivity index (χ0) is 9.14. The molecule has 70 valence electrons. The second kappa shape index (κ2) is 4.13. The fourth-order valence-corrected chi connectivity index (χ4v) is 1.90. The Kier molecular flexibility index (Phi) is 3.39. The standard InChI is InChI=1S/C9H16ClNO/c1-3-7(4-2)11(9(10)12)8-5-6-8/h7-8H,3-6H2,1-2H3. The topological polar surface area (TPSA) is 20.3 Å². The van der Waals surface area contributed by atoms with E-state index in [1.54, 1.807) is 0 Å². The summed E-state index contributed by atoms with van der Waals surface area (Å²) in [5.41, 5.74) is 0. The summed E-state index contributed by atoms with van der Waals surface area (Å²) in [5, 5.41) is -0.272. The van der Waals surface area contributed by atoms with E-state index in [4.69, 9.17) is 11.6 Å². The predicted octanol–water partition coefficient (Wildman–Crippen LogP) is 3.00. The van der Waals surface area contributed by atoms with Crippen molar-refractivity contribution < 1.29 is 4.79 Å². The van der Waals surface area contributed by atoms with E-state index in [-0.39, 0.29) is 5.37 Å². The number of hydrogen-bond acceptors (Lipinski definition) is 1. The van der Waals surface area contributed by atoms with Crippen molar-refractivity contribution in [3.63, 3.8) is 0 Å². The van der Waals surface area contributed by atoms with Crippen molar-refractivity contribution in [2.45, 2.75) is 51.6 Å². The lowest BCUT2D eigenvalue weighted by Gasteiger charge is -2.28. The molecule has 1 rings (SSSR count). The van der Waals surface area contributed by atoms with Crippen LogP contribution in [0.15, 0.2) is 0 Å². The normalized spacial score (nSPS) is 16.7. The number of nitrogens with zero attached hydrogens (tertiary/aromatic N) is 1. The number of hydrogen-bond donors (Lipinski definition) is 0. The van der Waals surface area contributed by atoms with Gasteiger partial charge in [-0.15, -0.1) is 0 Å². The molecule has 0 aromatic rings. The molecule has 12 heavy (non-hydrogen) atoms. The molecule has 1 aliphatic rings. The summed E-state index contributed by atoms with van der Waals surface area (Å²) in [6.07, 6.45) is 4.28. The third-order valence-corrected chi connectivity index (χ3v) is 2.67. The summed E-state index contributed by atoms with van der Waals surface area (Å²) in [6, 6.07) is 0.794. The van der Waals surface area contributed by atoms with E-state index < -0.39 is 0 Å². The van der Waals surface area contributed by atoms with Crippen molar-refractivity contribution in [2.75, 3.05) is 0 Å². The van der Waals surface area contributed by atoms with Crippen LogP contribution in [0.25, 0.3) is 0 Å². The van der Waals surface area contributed by atoms with Gasteiger partial charge in [-0.05, 0) is 37.3 Å². The zero-order valence-electron chi connectivity index (χ0n) is 7.72. The highest BCUT2D eigenvalue weighted by atomic mass is 35.5. The Hall–Kier alpha value is -0.240. The molecule has 0 saturated heterocycles. The largest absolute Gasteiger partial charge is 0.323 e. The van der Waals surface area contributed by atoms with E-state index in [1.807, 2.05) is 4.90 Å². The first-order valence-corrected chi connectivity index (χ1v) is 5.06. The summed E-state index contributed by atoms with van der Waals surface area (Å²) in [7, 11) is 0. The summed E-state index contributed by atoms with van der Waals surface area (Å²) in [6.45, 7) is 4.20. The molecule has 1 fully saturated rings.